The van der Waals surface area contributed by atoms with Crippen molar-refractivity contribution < 1.29 is 14.7 Å². The molecule has 1 aromatic carbocycles. The fourth-order valence-corrected chi connectivity index (χ4v) is 6.98. The number of carbonyl (C=O) groups is 2. The smallest absolute Gasteiger partial charge is 0.320 e. The third kappa shape index (κ3) is 12.5. The van der Waals surface area contributed by atoms with Gasteiger partial charge in [-0.2, -0.15) is 4.98 Å². The molecule has 1 atom stereocenters. The topological polar surface area (TPSA) is 197 Å². The predicted octanol–water partition coefficient (Wildman–Crippen LogP) is 3.79. The Morgan fingerprint density at radius 1 is 0.940 bits per heavy atom. The number of benzene rings is 1. The molecule has 0 spiro atoms. The largest absolute Gasteiger partial charge is 0.480 e. The Morgan fingerprint density at radius 2 is 1.74 bits per heavy atom. The van der Waals surface area contributed by atoms with Crippen LogP contribution in [0.15, 0.2) is 30.5 Å². The van der Waals surface area contributed by atoms with Crippen molar-refractivity contribution in [3.8, 4) is 0 Å². The van der Waals surface area contributed by atoms with E-state index >= 15 is 0 Å². The van der Waals surface area contributed by atoms with Crippen molar-refractivity contribution in [2.45, 2.75) is 121 Å². The van der Waals surface area contributed by atoms with E-state index in [2.05, 4.69) is 36.9 Å². The Balaban J connectivity index is 0.997. The first-order valence-corrected chi connectivity index (χ1v) is 18.8. The second-order valence-electron chi connectivity index (χ2n) is 14.0. The fraction of sp³-hybridized carbons (Fsp3) is 0.667. The zero-order valence-corrected chi connectivity index (χ0v) is 29.4. The van der Waals surface area contributed by atoms with Crippen LogP contribution in [0.25, 0.3) is 10.9 Å². The molecule has 3 aromatic rings. The number of hydrogen-bond acceptors (Lipinski definition) is 11. The summed E-state index contributed by atoms with van der Waals surface area (Å²) in [5.74, 6) is 0.695. The third-order valence-electron chi connectivity index (χ3n) is 9.99. The monoisotopic (exact) mass is 691 g/mol. The first kappa shape index (κ1) is 37.4. The first-order valence-electron chi connectivity index (χ1n) is 18.8. The van der Waals surface area contributed by atoms with Crippen LogP contribution in [-0.2, 0) is 22.7 Å². The Bertz CT molecular complexity index is 1470. The highest BCUT2D eigenvalue weighted by molar-refractivity contribution is 5.90. The lowest BCUT2D eigenvalue weighted by atomic mass is 9.84. The van der Waals surface area contributed by atoms with Gasteiger partial charge in [-0.25, -0.2) is 4.98 Å². The Kier molecular flexibility index (Phi) is 15.0. The molecule has 274 valence electrons. The van der Waals surface area contributed by atoms with E-state index in [1.807, 2.05) is 35.1 Å². The summed E-state index contributed by atoms with van der Waals surface area (Å²) in [6.45, 7) is 5.00. The summed E-state index contributed by atoms with van der Waals surface area (Å²) in [5.41, 5.74) is 7.22. The van der Waals surface area contributed by atoms with E-state index in [4.69, 9.17) is 20.8 Å². The average molecular weight is 692 g/mol. The minimum atomic E-state index is -1.08. The van der Waals surface area contributed by atoms with Gasteiger partial charge in [0.2, 0.25) is 11.9 Å². The van der Waals surface area contributed by atoms with Crippen LogP contribution in [-0.4, -0.2) is 86.2 Å². The maximum absolute atomic E-state index is 12.0. The van der Waals surface area contributed by atoms with Crippen molar-refractivity contribution in [2.24, 2.45) is 11.7 Å². The molecule has 50 heavy (non-hydrogen) atoms. The van der Waals surface area contributed by atoms with Gasteiger partial charge in [-0.05, 0) is 102 Å². The Hall–Kier alpha value is -3.88. The number of hydrogen-bond donors (Lipinski definition) is 7. The molecule has 2 aliphatic rings. The highest BCUT2D eigenvalue weighted by Crippen LogP contribution is 2.30. The number of para-hydroxylation sites is 1. The van der Waals surface area contributed by atoms with Gasteiger partial charge >= 0.3 is 5.97 Å². The van der Waals surface area contributed by atoms with Crippen molar-refractivity contribution in [3.63, 3.8) is 0 Å². The number of carboxylic acids is 1. The van der Waals surface area contributed by atoms with Gasteiger partial charge < -0.3 is 37.4 Å². The molecule has 0 saturated heterocycles. The summed E-state index contributed by atoms with van der Waals surface area (Å²) in [6.07, 6.45) is 16.3. The summed E-state index contributed by atoms with van der Waals surface area (Å²) in [4.78, 5) is 32.5. The number of aromatic nitrogens is 5. The Morgan fingerprint density at radius 3 is 2.56 bits per heavy atom. The molecule has 2 aromatic heterocycles. The van der Waals surface area contributed by atoms with Crippen LogP contribution < -0.4 is 32.3 Å². The maximum Gasteiger partial charge on any atom is 0.320 e. The molecule has 14 heteroatoms. The van der Waals surface area contributed by atoms with Crippen LogP contribution in [0, 0.1) is 5.92 Å². The standard InChI is InChI=1S/C36H57N11O3/c37-31(35(49)50)16-17-33(48)40-22-18-26-12-14-28(15-13-26)42-34-30-10-4-5-11-32(30)43-36(44-34)41-24-29-25-47(46-45-29)23-7-20-38-19-6-21-39-27-8-2-1-3-9-27/h4-5,10-11,25-28,31,38-39H,1-3,6-9,12-24,37H2,(H,40,48)(H,49,50)(H2,41,42,43,44)/t26?,28?,31-/m0/s1. The van der Waals surface area contributed by atoms with E-state index in [1.165, 1.54) is 32.1 Å². The molecular formula is C36H57N11O3. The molecule has 2 fully saturated rings. The number of aryl methyl sites for hydroxylation is 1. The first-order chi connectivity index (χ1) is 24.4. The summed E-state index contributed by atoms with van der Waals surface area (Å²) >= 11 is 0. The van der Waals surface area contributed by atoms with Crippen molar-refractivity contribution in [1.29, 1.82) is 0 Å². The van der Waals surface area contributed by atoms with E-state index < -0.39 is 12.0 Å². The SMILES string of the molecule is N[C@@H](CCC(=O)NCCC1CCC(Nc2nc(NCc3cn(CCCNCCCNC4CCCCC4)nn3)nc3ccccc23)CC1)C(=O)O. The van der Waals surface area contributed by atoms with E-state index in [1.54, 1.807) is 0 Å². The number of anilines is 2. The maximum atomic E-state index is 12.0. The van der Waals surface area contributed by atoms with Gasteiger partial charge in [-0.1, -0.05) is 36.6 Å². The quantitative estimate of drug-likeness (QED) is 0.0800. The molecule has 2 aliphatic carbocycles. The molecule has 8 N–H and O–H groups in total. The number of fused-ring (bicyclic) bond motifs is 1. The molecule has 0 radical (unpaired) electrons. The van der Waals surface area contributed by atoms with E-state index in [9.17, 15) is 9.59 Å². The van der Waals surface area contributed by atoms with Crippen LogP contribution in [0.3, 0.4) is 0 Å². The lowest BCUT2D eigenvalue weighted by Crippen LogP contribution is -2.33. The number of nitrogens with one attached hydrogen (secondary N) is 5. The average Bonchev–Trinajstić information content (AvgIpc) is 3.59. The lowest BCUT2D eigenvalue weighted by molar-refractivity contribution is -0.138. The Labute approximate surface area is 295 Å². The van der Waals surface area contributed by atoms with Crippen LogP contribution >= 0.6 is 0 Å². The van der Waals surface area contributed by atoms with Gasteiger partial charge in [-0.3, -0.25) is 14.3 Å². The molecule has 0 bridgehead atoms. The van der Waals surface area contributed by atoms with Gasteiger partial charge in [0.25, 0.3) is 0 Å². The molecule has 0 unspecified atom stereocenters. The molecule has 2 heterocycles. The van der Waals surface area contributed by atoms with Gasteiger partial charge in [0.05, 0.1) is 18.3 Å². The number of carbonyl (C=O) groups excluding carboxylic acids is 1. The second kappa shape index (κ2) is 20.1. The number of nitrogens with zero attached hydrogens (tertiary/aromatic N) is 5. The second-order valence-corrected chi connectivity index (χ2v) is 14.0. The van der Waals surface area contributed by atoms with Crippen molar-refractivity contribution in [2.75, 3.05) is 36.8 Å². The van der Waals surface area contributed by atoms with Crippen LogP contribution in [0.4, 0.5) is 11.8 Å². The van der Waals surface area contributed by atoms with Crippen molar-refractivity contribution >= 4 is 34.5 Å². The highest BCUT2D eigenvalue weighted by atomic mass is 16.4. The van der Waals surface area contributed by atoms with Crippen molar-refractivity contribution in [1.82, 2.24) is 40.9 Å². The van der Waals surface area contributed by atoms with Gasteiger partial charge in [0.15, 0.2) is 0 Å². The van der Waals surface area contributed by atoms with Crippen LogP contribution in [0.1, 0.15) is 95.6 Å². The number of carboxylic acid groups (broad SMARTS) is 1. The van der Waals surface area contributed by atoms with E-state index in [0.29, 0.717) is 31.0 Å². The van der Waals surface area contributed by atoms with Crippen LogP contribution in [0.2, 0.25) is 0 Å². The van der Waals surface area contributed by atoms with Gasteiger partial charge in [0.1, 0.15) is 17.6 Å². The predicted molar refractivity (Wildman–Crippen MR) is 196 cm³/mol. The number of nitrogens with two attached hydrogens (primary N) is 1. The highest BCUT2D eigenvalue weighted by Gasteiger charge is 2.23. The summed E-state index contributed by atoms with van der Waals surface area (Å²) < 4.78 is 1.90. The summed E-state index contributed by atoms with van der Waals surface area (Å²) in [6, 6.07) is 8.09. The number of aliphatic carboxylic acids is 1. The molecule has 14 nitrogen and oxygen atoms in total. The molecule has 2 saturated carbocycles. The molecule has 0 aliphatic heterocycles. The van der Waals surface area contributed by atoms with Gasteiger partial charge in [0, 0.05) is 37.0 Å². The minimum absolute atomic E-state index is 0.130. The molecule has 1 amide bonds. The molecular weight excluding hydrogens is 634 g/mol. The van der Waals surface area contributed by atoms with Crippen molar-refractivity contribution in [3.05, 3.63) is 36.2 Å². The van der Waals surface area contributed by atoms with Crippen LogP contribution in [0.5, 0.6) is 0 Å². The van der Waals surface area contributed by atoms with E-state index in [0.717, 1.165) is 99.6 Å². The fourth-order valence-electron chi connectivity index (χ4n) is 6.98. The zero-order valence-electron chi connectivity index (χ0n) is 29.4. The summed E-state index contributed by atoms with van der Waals surface area (Å²) in [5, 5.41) is 35.8. The molecule has 5 rings (SSSR count). The minimum Gasteiger partial charge on any atom is -0.480 e. The summed E-state index contributed by atoms with van der Waals surface area (Å²) in [7, 11) is 0. The lowest BCUT2D eigenvalue weighted by Gasteiger charge is -2.30. The number of amides is 1. The normalized spacial score (nSPS) is 18.9. The number of rotatable bonds is 21. The third-order valence-corrected chi connectivity index (χ3v) is 9.99. The van der Waals surface area contributed by atoms with Gasteiger partial charge in [-0.15, -0.1) is 5.10 Å². The van der Waals surface area contributed by atoms with E-state index in [-0.39, 0.29) is 18.7 Å². The zero-order chi connectivity index (χ0) is 35.0.